The lowest BCUT2D eigenvalue weighted by Crippen LogP contribution is -2.27. The Morgan fingerprint density at radius 2 is 2.00 bits per heavy atom. The summed E-state index contributed by atoms with van der Waals surface area (Å²) in [6, 6.07) is 6.75. The number of halogens is 1. The zero-order valence-corrected chi connectivity index (χ0v) is 10.3. The average Bonchev–Trinajstić information content (AvgIpc) is 2.29. The van der Waals surface area contributed by atoms with Crippen molar-refractivity contribution >= 4 is 30.0 Å². The molecule has 0 aliphatic rings. The predicted molar refractivity (Wildman–Crippen MR) is 67.1 cm³/mol. The van der Waals surface area contributed by atoms with Gasteiger partial charge in [-0.05, 0) is 12.1 Å². The van der Waals surface area contributed by atoms with Gasteiger partial charge < -0.3 is 15.8 Å². The van der Waals surface area contributed by atoms with Crippen LogP contribution in [0.3, 0.4) is 0 Å². The maximum Gasteiger partial charge on any atom is 0.307 e. The fraction of sp³-hybridized carbons (Fsp3) is 0.273. The molecule has 5 nitrogen and oxygen atoms in total. The Morgan fingerprint density at radius 1 is 1.35 bits per heavy atom. The average molecular weight is 259 g/mol. The maximum absolute atomic E-state index is 11.6. The predicted octanol–water partition coefficient (Wildman–Crippen LogP) is 0.983. The Labute approximate surface area is 106 Å². The first-order valence-corrected chi connectivity index (χ1v) is 4.84. The number of para-hydroxylation sites is 1. The van der Waals surface area contributed by atoms with Gasteiger partial charge in [-0.2, -0.15) is 0 Å². The highest BCUT2D eigenvalue weighted by Crippen LogP contribution is 2.09. The summed E-state index contributed by atoms with van der Waals surface area (Å²) < 4.78 is 4.45. The standard InChI is InChI=1S/C11H14N2O3.ClH/c1-16-10(14)6-7-13-11(15)8-4-2-3-5-9(8)12;/h2-5H,6-7,12H2,1H3,(H,13,15);1H. The number of nitrogens with two attached hydrogens (primary N) is 1. The summed E-state index contributed by atoms with van der Waals surface area (Å²) in [7, 11) is 1.30. The summed E-state index contributed by atoms with van der Waals surface area (Å²) in [5.41, 5.74) is 6.45. The molecule has 0 heterocycles. The highest BCUT2D eigenvalue weighted by molar-refractivity contribution is 5.99. The first-order valence-electron chi connectivity index (χ1n) is 4.84. The second-order valence-electron chi connectivity index (χ2n) is 3.17. The molecular formula is C11H15ClN2O3. The van der Waals surface area contributed by atoms with Crippen LogP contribution in [-0.4, -0.2) is 25.5 Å². The molecule has 6 heteroatoms. The largest absolute Gasteiger partial charge is 0.469 e. The number of carbonyl (C=O) groups excluding carboxylic acids is 2. The van der Waals surface area contributed by atoms with E-state index in [9.17, 15) is 9.59 Å². The Kier molecular flexibility index (Phi) is 6.74. The van der Waals surface area contributed by atoms with E-state index < -0.39 is 0 Å². The summed E-state index contributed by atoms with van der Waals surface area (Å²) in [6.07, 6.45) is 0.148. The number of carbonyl (C=O) groups is 2. The van der Waals surface area contributed by atoms with Gasteiger partial charge in [0.15, 0.2) is 0 Å². The number of amides is 1. The molecule has 0 unspecified atom stereocenters. The number of benzene rings is 1. The monoisotopic (exact) mass is 258 g/mol. The molecule has 1 aromatic rings. The van der Waals surface area contributed by atoms with Crippen LogP contribution in [-0.2, 0) is 9.53 Å². The minimum Gasteiger partial charge on any atom is -0.469 e. The zero-order valence-electron chi connectivity index (χ0n) is 9.43. The normalized spacial score (nSPS) is 9.00. The van der Waals surface area contributed by atoms with E-state index in [1.54, 1.807) is 24.3 Å². The number of anilines is 1. The van der Waals surface area contributed by atoms with E-state index in [0.29, 0.717) is 11.3 Å². The quantitative estimate of drug-likeness (QED) is 0.623. The second-order valence-corrected chi connectivity index (χ2v) is 3.17. The molecule has 1 amide bonds. The van der Waals surface area contributed by atoms with Crippen molar-refractivity contribution in [2.75, 3.05) is 19.4 Å². The number of rotatable bonds is 4. The van der Waals surface area contributed by atoms with Gasteiger partial charge in [-0.15, -0.1) is 12.4 Å². The smallest absolute Gasteiger partial charge is 0.307 e. The second kappa shape index (κ2) is 7.51. The van der Waals surface area contributed by atoms with Crippen molar-refractivity contribution in [2.24, 2.45) is 0 Å². The Morgan fingerprint density at radius 3 is 2.59 bits per heavy atom. The summed E-state index contributed by atoms with van der Waals surface area (Å²) in [6.45, 7) is 0.236. The summed E-state index contributed by atoms with van der Waals surface area (Å²) in [5.74, 6) is -0.650. The molecule has 1 aromatic carbocycles. The first-order chi connectivity index (χ1) is 7.65. The fourth-order valence-corrected chi connectivity index (χ4v) is 1.18. The Balaban J connectivity index is 0.00000256. The highest BCUT2D eigenvalue weighted by Gasteiger charge is 2.08. The fourth-order valence-electron chi connectivity index (χ4n) is 1.18. The van der Waals surface area contributed by atoms with Crippen LogP contribution in [0.1, 0.15) is 16.8 Å². The molecule has 0 saturated carbocycles. The lowest BCUT2D eigenvalue weighted by atomic mass is 10.1. The van der Waals surface area contributed by atoms with Gasteiger partial charge in [-0.1, -0.05) is 12.1 Å². The molecular weight excluding hydrogens is 244 g/mol. The van der Waals surface area contributed by atoms with Crippen molar-refractivity contribution in [1.82, 2.24) is 5.32 Å². The Bertz CT molecular complexity index is 396. The van der Waals surface area contributed by atoms with Crippen LogP contribution < -0.4 is 11.1 Å². The molecule has 0 aliphatic heterocycles. The van der Waals surface area contributed by atoms with Gasteiger partial charge in [0.05, 0.1) is 19.1 Å². The van der Waals surface area contributed by atoms with Gasteiger partial charge in [-0.25, -0.2) is 0 Å². The number of ether oxygens (including phenoxy) is 1. The van der Waals surface area contributed by atoms with Crippen molar-refractivity contribution in [3.05, 3.63) is 29.8 Å². The van der Waals surface area contributed by atoms with Crippen molar-refractivity contribution < 1.29 is 14.3 Å². The van der Waals surface area contributed by atoms with Crippen LogP contribution in [0, 0.1) is 0 Å². The SMILES string of the molecule is COC(=O)CCNC(=O)c1ccccc1N.Cl. The van der Waals surface area contributed by atoms with Crippen molar-refractivity contribution in [2.45, 2.75) is 6.42 Å². The van der Waals surface area contributed by atoms with E-state index in [1.807, 2.05) is 0 Å². The van der Waals surface area contributed by atoms with Crippen LogP contribution >= 0.6 is 12.4 Å². The van der Waals surface area contributed by atoms with E-state index in [0.717, 1.165) is 0 Å². The number of hydrogen-bond acceptors (Lipinski definition) is 4. The van der Waals surface area contributed by atoms with E-state index in [-0.39, 0.29) is 37.2 Å². The summed E-state index contributed by atoms with van der Waals surface area (Å²) in [4.78, 5) is 22.4. The molecule has 0 aromatic heterocycles. The minimum atomic E-state index is -0.360. The van der Waals surface area contributed by atoms with E-state index in [4.69, 9.17) is 5.73 Å². The van der Waals surface area contributed by atoms with E-state index >= 15 is 0 Å². The van der Waals surface area contributed by atoms with Gasteiger partial charge in [0.2, 0.25) is 0 Å². The lowest BCUT2D eigenvalue weighted by Gasteiger charge is -2.06. The molecule has 0 saturated heterocycles. The third kappa shape index (κ3) is 4.74. The summed E-state index contributed by atoms with van der Waals surface area (Å²) in [5, 5.41) is 2.59. The first kappa shape index (κ1) is 15.2. The van der Waals surface area contributed by atoms with Gasteiger partial charge in [0, 0.05) is 12.2 Å². The molecule has 0 aliphatic carbocycles. The Hall–Kier alpha value is -1.75. The molecule has 0 atom stereocenters. The summed E-state index contributed by atoms with van der Waals surface area (Å²) >= 11 is 0. The van der Waals surface area contributed by atoms with Crippen LogP contribution in [0.4, 0.5) is 5.69 Å². The molecule has 17 heavy (non-hydrogen) atoms. The van der Waals surface area contributed by atoms with Crippen LogP contribution in [0.15, 0.2) is 24.3 Å². The van der Waals surface area contributed by atoms with Gasteiger partial charge in [-0.3, -0.25) is 9.59 Å². The maximum atomic E-state index is 11.6. The number of nitrogens with one attached hydrogen (secondary N) is 1. The third-order valence-corrected chi connectivity index (χ3v) is 2.05. The number of methoxy groups -OCH3 is 1. The van der Waals surface area contributed by atoms with E-state index in [1.165, 1.54) is 7.11 Å². The molecule has 3 N–H and O–H groups in total. The number of hydrogen-bond donors (Lipinski definition) is 2. The van der Waals surface area contributed by atoms with Crippen LogP contribution in [0.5, 0.6) is 0 Å². The molecule has 0 fully saturated rings. The molecule has 0 spiro atoms. The molecule has 0 bridgehead atoms. The van der Waals surface area contributed by atoms with Gasteiger partial charge in [0.25, 0.3) is 5.91 Å². The number of nitrogen functional groups attached to an aromatic ring is 1. The van der Waals surface area contributed by atoms with E-state index in [2.05, 4.69) is 10.1 Å². The van der Waals surface area contributed by atoms with Crippen molar-refractivity contribution in [3.8, 4) is 0 Å². The molecule has 1 rings (SSSR count). The zero-order chi connectivity index (χ0) is 12.0. The van der Waals surface area contributed by atoms with Crippen LogP contribution in [0.25, 0.3) is 0 Å². The van der Waals surface area contributed by atoms with Crippen molar-refractivity contribution in [1.29, 1.82) is 0 Å². The third-order valence-electron chi connectivity index (χ3n) is 2.05. The molecule has 0 radical (unpaired) electrons. The van der Waals surface area contributed by atoms with Gasteiger partial charge >= 0.3 is 5.97 Å². The van der Waals surface area contributed by atoms with Crippen molar-refractivity contribution in [3.63, 3.8) is 0 Å². The number of esters is 1. The topological polar surface area (TPSA) is 81.4 Å². The highest BCUT2D eigenvalue weighted by atomic mass is 35.5. The lowest BCUT2D eigenvalue weighted by molar-refractivity contribution is -0.140. The van der Waals surface area contributed by atoms with Crippen LogP contribution in [0.2, 0.25) is 0 Å². The molecule has 94 valence electrons. The minimum absolute atomic E-state index is 0. The van der Waals surface area contributed by atoms with Gasteiger partial charge in [0.1, 0.15) is 0 Å².